The number of piperidine rings is 1. The monoisotopic (exact) mass is 368 g/mol. The molecule has 2 aliphatic rings. The highest BCUT2D eigenvalue weighted by atomic mass is 16.6. The number of ether oxygens (including phenoxy) is 2. The van der Waals surface area contributed by atoms with Crippen LogP contribution >= 0.6 is 0 Å². The van der Waals surface area contributed by atoms with E-state index in [2.05, 4.69) is 39.6 Å². The average molecular weight is 369 g/mol. The predicted molar refractivity (Wildman–Crippen MR) is 101 cm³/mol. The molecule has 2 fully saturated rings. The zero-order valence-electron chi connectivity index (χ0n) is 18.1. The van der Waals surface area contributed by atoms with Crippen molar-refractivity contribution in [2.45, 2.75) is 96.7 Å². The quantitative estimate of drug-likeness (QED) is 0.717. The van der Waals surface area contributed by atoms with E-state index in [-0.39, 0.29) is 29.0 Å². The molecule has 6 nitrogen and oxygen atoms in total. The average Bonchev–Trinajstić information content (AvgIpc) is 2.67. The molecule has 26 heavy (non-hydrogen) atoms. The number of methoxy groups -OCH3 is 1. The Morgan fingerprint density at radius 3 is 1.96 bits per heavy atom. The van der Waals surface area contributed by atoms with E-state index in [0.29, 0.717) is 12.8 Å². The van der Waals surface area contributed by atoms with Gasteiger partial charge in [0.25, 0.3) is 5.91 Å². The maximum absolute atomic E-state index is 13.7. The van der Waals surface area contributed by atoms with Crippen LogP contribution < -0.4 is 0 Å². The van der Waals surface area contributed by atoms with Crippen LogP contribution in [-0.4, -0.2) is 64.3 Å². The largest absolute Gasteiger partial charge is 0.469 e. The van der Waals surface area contributed by atoms with Crippen LogP contribution in [-0.2, 0) is 19.1 Å². The maximum Gasteiger partial charge on any atom is 0.310 e. The van der Waals surface area contributed by atoms with Crippen LogP contribution in [0.4, 0.5) is 0 Å². The highest BCUT2D eigenvalue weighted by Crippen LogP contribution is 2.51. The van der Waals surface area contributed by atoms with Gasteiger partial charge in [0.15, 0.2) is 5.60 Å². The second kappa shape index (κ2) is 6.20. The van der Waals surface area contributed by atoms with Gasteiger partial charge in [0.1, 0.15) is 5.72 Å². The first-order valence-corrected chi connectivity index (χ1v) is 9.47. The fourth-order valence-corrected chi connectivity index (χ4v) is 5.06. The summed E-state index contributed by atoms with van der Waals surface area (Å²) in [4.78, 5) is 29.8. The zero-order chi connectivity index (χ0) is 20.3. The topological polar surface area (TPSA) is 59.1 Å². The summed E-state index contributed by atoms with van der Waals surface area (Å²) < 4.78 is 11.4. The molecule has 0 radical (unpaired) electrons. The molecule has 2 heterocycles. The number of nitrogens with zero attached hydrogens (tertiary/aromatic N) is 2. The van der Waals surface area contributed by atoms with Crippen molar-refractivity contribution in [3.63, 3.8) is 0 Å². The summed E-state index contributed by atoms with van der Waals surface area (Å²) in [7, 11) is 3.49. The van der Waals surface area contributed by atoms with Gasteiger partial charge in [-0.15, -0.1) is 0 Å². The smallest absolute Gasteiger partial charge is 0.310 e. The lowest BCUT2D eigenvalue weighted by Crippen LogP contribution is -2.66. The summed E-state index contributed by atoms with van der Waals surface area (Å²) in [5.41, 5.74) is -2.00. The van der Waals surface area contributed by atoms with E-state index in [1.54, 1.807) is 11.8 Å². The third-order valence-corrected chi connectivity index (χ3v) is 6.59. The highest BCUT2D eigenvalue weighted by Gasteiger charge is 2.64. The lowest BCUT2D eigenvalue weighted by molar-refractivity contribution is -0.183. The van der Waals surface area contributed by atoms with Crippen molar-refractivity contribution in [1.82, 2.24) is 9.80 Å². The molecule has 1 spiro atoms. The van der Waals surface area contributed by atoms with Gasteiger partial charge in [-0.1, -0.05) is 0 Å². The Bertz CT molecular complexity index is 579. The molecular formula is C20H36N2O4. The van der Waals surface area contributed by atoms with Crippen LogP contribution in [0.5, 0.6) is 0 Å². The van der Waals surface area contributed by atoms with Crippen molar-refractivity contribution < 1.29 is 19.1 Å². The van der Waals surface area contributed by atoms with E-state index in [4.69, 9.17) is 9.47 Å². The summed E-state index contributed by atoms with van der Waals surface area (Å²) >= 11 is 0. The van der Waals surface area contributed by atoms with E-state index in [1.165, 1.54) is 7.11 Å². The third-order valence-electron chi connectivity index (χ3n) is 6.59. The summed E-state index contributed by atoms with van der Waals surface area (Å²) in [5, 5.41) is 0. The molecule has 0 saturated carbocycles. The van der Waals surface area contributed by atoms with Gasteiger partial charge in [0.2, 0.25) is 0 Å². The molecular weight excluding hydrogens is 332 g/mol. The molecule has 0 bridgehead atoms. The highest BCUT2D eigenvalue weighted by molar-refractivity contribution is 5.89. The molecule has 6 heteroatoms. The van der Waals surface area contributed by atoms with Crippen LogP contribution in [0.25, 0.3) is 0 Å². The summed E-state index contributed by atoms with van der Waals surface area (Å²) in [6.07, 6.45) is 1.25. The number of likely N-dealkylation sites (tertiary alicyclic amines) is 1. The number of hydrogen-bond acceptors (Lipinski definition) is 5. The number of carbonyl (C=O) groups excluding carboxylic acids is 2. The maximum atomic E-state index is 13.7. The molecule has 2 atom stereocenters. The van der Waals surface area contributed by atoms with Gasteiger partial charge in [0, 0.05) is 30.0 Å². The van der Waals surface area contributed by atoms with E-state index in [9.17, 15) is 9.59 Å². The van der Waals surface area contributed by atoms with E-state index < -0.39 is 17.2 Å². The van der Waals surface area contributed by atoms with Crippen LogP contribution in [0.1, 0.15) is 68.2 Å². The first-order valence-electron chi connectivity index (χ1n) is 9.47. The van der Waals surface area contributed by atoms with Gasteiger partial charge in [-0.05, 0) is 62.4 Å². The molecule has 0 aliphatic carbocycles. The molecule has 2 rings (SSSR count). The van der Waals surface area contributed by atoms with E-state index in [1.807, 2.05) is 20.8 Å². The molecule has 2 saturated heterocycles. The van der Waals surface area contributed by atoms with Crippen LogP contribution in [0.15, 0.2) is 0 Å². The van der Waals surface area contributed by atoms with Crippen molar-refractivity contribution in [2.24, 2.45) is 5.92 Å². The predicted octanol–water partition coefficient (Wildman–Crippen LogP) is 2.80. The first-order chi connectivity index (χ1) is 11.6. The number of rotatable bonds is 3. The van der Waals surface area contributed by atoms with Gasteiger partial charge < -0.3 is 14.4 Å². The Balaban J connectivity index is 2.43. The minimum atomic E-state index is -0.868. The van der Waals surface area contributed by atoms with Crippen molar-refractivity contribution in [1.29, 1.82) is 0 Å². The molecule has 0 aromatic rings. The number of carbonyl (C=O) groups is 2. The number of esters is 1. The van der Waals surface area contributed by atoms with Crippen LogP contribution in [0, 0.1) is 5.92 Å². The molecule has 1 amide bonds. The van der Waals surface area contributed by atoms with Crippen molar-refractivity contribution in [3.05, 3.63) is 0 Å². The minimum Gasteiger partial charge on any atom is -0.469 e. The van der Waals surface area contributed by atoms with E-state index >= 15 is 0 Å². The van der Waals surface area contributed by atoms with Crippen LogP contribution in [0.2, 0.25) is 0 Å². The Labute approximate surface area is 158 Å². The number of hydrogen-bond donors (Lipinski definition) is 0. The van der Waals surface area contributed by atoms with Crippen molar-refractivity contribution >= 4 is 11.9 Å². The van der Waals surface area contributed by atoms with Crippen molar-refractivity contribution in [3.8, 4) is 0 Å². The lowest BCUT2D eigenvalue weighted by atomic mass is 9.71. The van der Waals surface area contributed by atoms with Gasteiger partial charge >= 0.3 is 5.97 Å². The van der Waals surface area contributed by atoms with Crippen LogP contribution in [0.3, 0.4) is 0 Å². The number of amides is 1. The normalized spacial score (nSPS) is 28.8. The minimum absolute atomic E-state index is 0.0139. The third kappa shape index (κ3) is 3.15. The first kappa shape index (κ1) is 21.2. The second-order valence-corrected chi connectivity index (χ2v) is 9.81. The lowest BCUT2D eigenvalue weighted by Gasteiger charge is -2.56. The zero-order valence-corrected chi connectivity index (χ0v) is 18.1. The molecule has 2 aliphatic heterocycles. The van der Waals surface area contributed by atoms with E-state index in [0.717, 1.165) is 0 Å². The molecule has 0 aromatic carbocycles. The standard InChI is InChI=1S/C20H36N2O4/c1-13(15(23)25-10)14(2)22-16(24)20(26-19(22,7)8)11-17(3,4)21(9)18(5,6)12-20/h13-14H,11-12H2,1-10H3. The van der Waals surface area contributed by atoms with Gasteiger partial charge in [-0.2, -0.15) is 0 Å². The summed E-state index contributed by atoms with van der Waals surface area (Å²) in [5.74, 6) is -0.750. The Morgan fingerprint density at radius 2 is 1.54 bits per heavy atom. The van der Waals surface area contributed by atoms with Gasteiger partial charge in [0.05, 0.1) is 13.0 Å². The molecule has 0 N–H and O–H groups in total. The molecule has 0 aromatic heterocycles. The summed E-state index contributed by atoms with van der Waals surface area (Å²) in [6, 6.07) is -0.310. The summed E-state index contributed by atoms with van der Waals surface area (Å²) in [6.45, 7) is 16.1. The molecule has 2 unspecified atom stereocenters. The fraction of sp³-hybridized carbons (Fsp3) is 0.900. The SMILES string of the molecule is COC(=O)C(C)C(C)N1C(=O)C2(CC(C)(C)N(C)C(C)(C)C2)OC1(C)C. The Morgan fingerprint density at radius 1 is 1.08 bits per heavy atom. The Kier molecular flexibility index (Phi) is 5.04. The fourth-order valence-electron chi connectivity index (χ4n) is 5.06. The van der Waals surface area contributed by atoms with Crippen molar-refractivity contribution in [2.75, 3.05) is 14.2 Å². The van der Waals surface area contributed by atoms with Gasteiger partial charge in [-0.25, -0.2) is 0 Å². The van der Waals surface area contributed by atoms with Gasteiger partial charge in [-0.3, -0.25) is 14.5 Å². The second-order valence-electron chi connectivity index (χ2n) is 9.81. The Hall–Kier alpha value is -1.14. The molecule has 150 valence electrons.